The van der Waals surface area contributed by atoms with Crippen LogP contribution in [0.25, 0.3) is 0 Å². The van der Waals surface area contributed by atoms with Crippen molar-refractivity contribution < 1.29 is 14.6 Å². The van der Waals surface area contributed by atoms with Gasteiger partial charge in [-0.3, -0.25) is 0 Å². The van der Waals surface area contributed by atoms with Crippen molar-refractivity contribution >= 4 is 11.7 Å². The van der Waals surface area contributed by atoms with Gasteiger partial charge in [-0.2, -0.15) is 0 Å². The van der Waals surface area contributed by atoms with Crippen molar-refractivity contribution in [1.29, 1.82) is 5.26 Å². The molecule has 0 saturated heterocycles. The van der Waals surface area contributed by atoms with Crippen LogP contribution < -0.4 is 10.1 Å². The van der Waals surface area contributed by atoms with Gasteiger partial charge < -0.3 is 15.2 Å². The fourth-order valence-corrected chi connectivity index (χ4v) is 1.71. The topological polar surface area (TPSA) is 82.4 Å². The zero-order valence-electron chi connectivity index (χ0n) is 10.9. The Balaban J connectivity index is 0.00000137. The first-order chi connectivity index (χ1) is 8.63. The highest BCUT2D eigenvalue weighted by molar-refractivity contribution is 5.90. The number of benzene rings is 1. The van der Waals surface area contributed by atoms with Gasteiger partial charge in [-0.25, -0.2) is 10.1 Å². The Kier molecular flexibility index (Phi) is 6.98. The van der Waals surface area contributed by atoms with Crippen LogP contribution in [0.15, 0.2) is 12.1 Å². The number of carboxylic acids is 1. The number of nitrogens with one attached hydrogen (secondary N) is 1. The second kappa shape index (κ2) is 7.96. The van der Waals surface area contributed by atoms with Crippen molar-refractivity contribution in [3.05, 3.63) is 23.3 Å². The van der Waals surface area contributed by atoms with Crippen molar-refractivity contribution in [3.8, 4) is 12.3 Å². The first kappa shape index (κ1) is 15.8. The largest absolute Gasteiger partial charge is 0.495 e. The third-order valence-electron chi connectivity index (χ3n) is 2.42. The molecule has 1 rings (SSSR count). The molecular weight excluding hydrogens is 232 g/mol. The first-order valence-corrected chi connectivity index (χ1v) is 5.51. The summed E-state index contributed by atoms with van der Waals surface area (Å²) in [6.07, 6.45) is 1.79. The van der Waals surface area contributed by atoms with Gasteiger partial charge in [0.1, 0.15) is 5.75 Å². The Morgan fingerprint density at radius 1 is 1.50 bits per heavy atom. The Bertz CT molecular complexity index is 428. The number of nitrogens with zero attached hydrogens (tertiary/aromatic N) is 1. The number of ether oxygens (including phenoxy) is 1. The number of nitriles is 1. The van der Waals surface area contributed by atoms with E-state index in [1.165, 1.54) is 13.2 Å². The Hall–Kier alpha value is -2.22. The first-order valence-electron chi connectivity index (χ1n) is 5.51. The van der Waals surface area contributed by atoms with Crippen LogP contribution >= 0.6 is 0 Å². The smallest absolute Gasteiger partial charge is 0.335 e. The normalized spacial score (nSPS) is 8.94. The van der Waals surface area contributed by atoms with E-state index in [1.54, 1.807) is 13.1 Å². The summed E-state index contributed by atoms with van der Waals surface area (Å²) in [6.45, 7) is 5.55. The highest BCUT2D eigenvalue weighted by Crippen LogP contribution is 2.30. The Morgan fingerprint density at radius 3 is 2.50 bits per heavy atom. The summed E-state index contributed by atoms with van der Waals surface area (Å²) in [5.74, 6) is -0.357. The second-order valence-electron chi connectivity index (χ2n) is 3.52. The minimum atomic E-state index is -0.932. The molecule has 0 radical (unpaired) electrons. The maximum absolute atomic E-state index is 10.9. The van der Waals surface area contributed by atoms with E-state index in [0.29, 0.717) is 5.75 Å². The van der Waals surface area contributed by atoms with Gasteiger partial charge >= 0.3 is 5.97 Å². The number of methoxy groups -OCH3 is 1. The molecule has 0 heterocycles. The van der Waals surface area contributed by atoms with Crippen LogP contribution in [0.5, 0.6) is 5.75 Å². The van der Waals surface area contributed by atoms with Crippen molar-refractivity contribution in [1.82, 2.24) is 0 Å². The van der Waals surface area contributed by atoms with Gasteiger partial charge in [-0.1, -0.05) is 13.3 Å². The van der Waals surface area contributed by atoms with Gasteiger partial charge in [0.05, 0.1) is 18.4 Å². The molecule has 1 aromatic rings. The lowest BCUT2D eigenvalue weighted by Crippen LogP contribution is -2.04. The van der Waals surface area contributed by atoms with Crippen molar-refractivity contribution in [2.75, 3.05) is 19.5 Å². The highest BCUT2D eigenvalue weighted by Gasteiger charge is 2.13. The predicted octanol–water partition coefficient (Wildman–Crippen LogP) is 2.53. The van der Waals surface area contributed by atoms with E-state index in [9.17, 15) is 4.79 Å². The molecular formula is C13H18N2O3. The van der Waals surface area contributed by atoms with Crippen molar-refractivity contribution in [2.24, 2.45) is 0 Å². The van der Waals surface area contributed by atoms with Gasteiger partial charge in [-0.15, -0.1) is 0 Å². The van der Waals surface area contributed by atoms with Crippen LogP contribution in [0.2, 0.25) is 0 Å². The second-order valence-corrected chi connectivity index (χ2v) is 3.52. The molecule has 98 valence electrons. The van der Waals surface area contributed by atoms with Crippen LogP contribution in [0.3, 0.4) is 0 Å². The molecule has 0 aliphatic heterocycles. The molecule has 0 spiro atoms. The monoisotopic (exact) mass is 250 g/mol. The Morgan fingerprint density at radius 2 is 2.11 bits per heavy atom. The maximum atomic E-state index is 10.9. The molecule has 0 fully saturated rings. The number of carbonyl (C=O) groups is 1. The van der Waals surface area contributed by atoms with Gasteiger partial charge in [0.25, 0.3) is 0 Å². The molecule has 1 aromatic carbocycles. The molecule has 0 atom stereocenters. The summed E-state index contributed by atoms with van der Waals surface area (Å²) in [6, 6.07) is 3.23. The third-order valence-corrected chi connectivity index (χ3v) is 2.42. The van der Waals surface area contributed by atoms with Crippen LogP contribution in [0.1, 0.15) is 29.3 Å². The zero-order chi connectivity index (χ0) is 14.1. The predicted molar refractivity (Wildman–Crippen MR) is 70.2 cm³/mol. The molecule has 0 bridgehead atoms. The van der Waals surface area contributed by atoms with Crippen molar-refractivity contribution in [2.45, 2.75) is 19.8 Å². The average molecular weight is 250 g/mol. The van der Waals surface area contributed by atoms with Crippen molar-refractivity contribution in [3.63, 3.8) is 0 Å². The number of hydrogen-bond donors (Lipinski definition) is 2. The summed E-state index contributed by atoms with van der Waals surface area (Å²) in [5, 5.41) is 18.5. The maximum Gasteiger partial charge on any atom is 0.335 e. The summed E-state index contributed by atoms with van der Waals surface area (Å²) < 4.78 is 5.19. The summed E-state index contributed by atoms with van der Waals surface area (Å²) in [5.41, 5.74) is 2.11. The molecule has 5 nitrogen and oxygen atoms in total. The van der Waals surface area contributed by atoms with E-state index in [-0.39, 0.29) is 5.56 Å². The fraction of sp³-hybridized carbons (Fsp3) is 0.385. The lowest BCUT2D eigenvalue weighted by molar-refractivity contribution is 0.0696. The molecule has 0 saturated carbocycles. The SMILES string of the molecule is C#N.CCCc1cc(C(=O)O)cc(OC)c1NC. The lowest BCUT2D eigenvalue weighted by Gasteiger charge is -2.14. The zero-order valence-corrected chi connectivity index (χ0v) is 10.9. The van der Waals surface area contributed by atoms with Gasteiger partial charge in [0.15, 0.2) is 0 Å². The number of carboxylic acid groups (broad SMARTS) is 1. The highest BCUT2D eigenvalue weighted by atomic mass is 16.5. The molecule has 0 amide bonds. The minimum Gasteiger partial charge on any atom is -0.495 e. The summed E-state index contributed by atoms with van der Waals surface area (Å²) in [4.78, 5) is 10.9. The molecule has 0 aromatic heterocycles. The van der Waals surface area contributed by atoms with Gasteiger partial charge in [0, 0.05) is 13.6 Å². The lowest BCUT2D eigenvalue weighted by atomic mass is 10.0. The molecule has 0 aliphatic rings. The summed E-state index contributed by atoms with van der Waals surface area (Å²) >= 11 is 0. The number of aromatic carboxylic acids is 1. The quantitative estimate of drug-likeness (QED) is 0.839. The van der Waals surface area contributed by atoms with E-state index in [4.69, 9.17) is 15.1 Å². The molecule has 0 unspecified atom stereocenters. The van der Waals surface area contributed by atoms with Crippen LogP contribution in [0.4, 0.5) is 5.69 Å². The molecule has 0 aliphatic carbocycles. The third kappa shape index (κ3) is 3.67. The number of hydrogen-bond acceptors (Lipinski definition) is 4. The van der Waals surface area contributed by atoms with Crippen LogP contribution in [0, 0.1) is 11.8 Å². The minimum absolute atomic E-state index is 0.263. The number of anilines is 1. The van der Waals surface area contributed by atoms with Crippen LogP contribution in [-0.4, -0.2) is 25.2 Å². The van der Waals surface area contributed by atoms with Gasteiger partial charge in [0.2, 0.25) is 0 Å². The van der Waals surface area contributed by atoms with E-state index < -0.39 is 5.97 Å². The number of rotatable bonds is 5. The molecule has 18 heavy (non-hydrogen) atoms. The average Bonchev–Trinajstić information content (AvgIpc) is 2.40. The van der Waals surface area contributed by atoms with Gasteiger partial charge in [-0.05, 0) is 24.1 Å². The Labute approximate surface area is 107 Å². The molecule has 2 N–H and O–H groups in total. The number of aryl methyl sites for hydroxylation is 1. The fourth-order valence-electron chi connectivity index (χ4n) is 1.71. The van der Waals surface area contributed by atoms with E-state index in [2.05, 4.69) is 18.8 Å². The van der Waals surface area contributed by atoms with E-state index in [1.807, 2.05) is 0 Å². The molecule has 5 heteroatoms. The van der Waals surface area contributed by atoms with E-state index in [0.717, 1.165) is 24.1 Å². The standard InChI is InChI=1S/C12H17NO3.CHN/c1-4-5-8-6-9(12(14)15)7-10(16-3)11(8)13-2;1-2/h6-7,13H,4-5H2,1-3H3,(H,14,15);1H. The van der Waals surface area contributed by atoms with Crippen LogP contribution in [-0.2, 0) is 6.42 Å². The van der Waals surface area contributed by atoms with E-state index >= 15 is 0 Å². The summed E-state index contributed by atoms with van der Waals surface area (Å²) in [7, 11) is 3.34.